The van der Waals surface area contributed by atoms with Gasteiger partial charge in [-0.25, -0.2) is 4.98 Å². The van der Waals surface area contributed by atoms with E-state index in [9.17, 15) is 0 Å². The lowest BCUT2D eigenvalue weighted by molar-refractivity contribution is 0.0610. The zero-order valence-electron chi connectivity index (χ0n) is 9.04. The predicted octanol–water partition coefficient (Wildman–Crippen LogP) is 2.87. The molecule has 3 nitrogen and oxygen atoms in total. The van der Waals surface area contributed by atoms with Gasteiger partial charge in [-0.05, 0) is 54.3 Å². The summed E-state index contributed by atoms with van der Waals surface area (Å²) in [7, 11) is 1.98. The molecule has 5 heteroatoms. The highest BCUT2D eigenvalue weighted by molar-refractivity contribution is 9.10. The molecule has 0 aromatic carbocycles. The van der Waals surface area contributed by atoms with Gasteiger partial charge in [-0.2, -0.15) is 0 Å². The molecule has 0 unspecified atom stereocenters. The van der Waals surface area contributed by atoms with Gasteiger partial charge in [0.2, 0.25) is 5.88 Å². The molecule has 1 aliphatic carbocycles. The Hall–Kier alpha value is -0.320. The molecule has 88 valence electrons. The van der Waals surface area contributed by atoms with E-state index in [0.29, 0.717) is 17.0 Å². The third-order valence-electron chi connectivity index (χ3n) is 2.74. The molecule has 1 N–H and O–H groups in total. The maximum atomic E-state index is 5.81. The zero-order chi connectivity index (χ0) is 11.5. The van der Waals surface area contributed by atoms with Crippen molar-refractivity contribution in [3.05, 3.63) is 21.8 Å². The first-order chi connectivity index (χ1) is 7.69. The van der Waals surface area contributed by atoms with Gasteiger partial charge in [0.25, 0.3) is 0 Å². The van der Waals surface area contributed by atoms with E-state index in [1.165, 1.54) is 0 Å². The normalized spacial score (nSPS) is 23.9. The van der Waals surface area contributed by atoms with E-state index in [0.717, 1.165) is 29.8 Å². The minimum absolute atomic E-state index is 0.295. The van der Waals surface area contributed by atoms with Crippen molar-refractivity contribution in [2.24, 2.45) is 5.92 Å². The summed E-state index contributed by atoms with van der Waals surface area (Å²) in [6, 6.07) is 1.80. The van der Waals surface area contributed by atoms with Gasteiger partial charge < -0.3 is 10.1 Å². The Morgan fingerprint density at radius 2 is 2.38 bits per heavy atom. The molecule has 16 heavy (non-hydrogen) atoms. The fraction of sp³-hybridized carbons (Fsp3) is 0.545. The molecular formula is C11H14BrClN2O. The van der Waals surface area contributed by atoms with Crippen molar-refractivity contribution in [3.63, 3.8) is 0 Å². The van der Waals surface area contributed by atoms with E-state index in [1.54, 1.807) is 12.3 Å². The fourth-order valence-electron chi connectivity index (χ4n) is 1.87. The van der Waals surface area contributed by atoms with Gasteiger partial charge in [-0.15, -0.1) is 0 Å². The molecule has 1 aliphatic rings. The molecule has 0 atom stereocenters. The Kier molecular flexibility index (Phi) is 4.05. The minimum atomic E-state index is 0.295. The lowest BCUT2D eigenvalue weighted by atomic mass is 9.82. The Labute approximate surface area is 109 Å². The van der Waals surface area contributed by atoms with Crippen LogP contribution in [0.15, 0.2) is 16.7 Å². The van der Waals surface area contributed by atoms with Crippen molar-refractivity contribution in [2.45, 2.75) is 18.9 Å². The molecule has 0 radical (unpaired) electrons. The van der Waals surface area contributed by atoms with Crippen LogP contribution < -0.4 is 10.1 Å². The molecule has 1 aromatic heterocycles. The van der Waals surface area contributed by atoms with E-state index in [1.807, 2.05) is 7.05 Å². The van der Waals surface area contributed by atoms with Crippen molar-refractivity contribution in [1.29, 1.82) is 0 Å². The lowest BCUT2D eigenvalue weighted by Gasteiger charge is -2.35. The van der Waals surface area contributed by atoms with Crippen LogP contribution in [0, 0.1) is 5.92 Å². The number of hydrogen-bond donors (Lipinski definition) is 1. The van der Waals surface area contributed by atoms with E-state index in [2.05, 4.69) is 26.2 Å². The Morgan fingerprint density at radius 3 is 3.00 bits per heavy atom. The summed E-state index contributed by atoms with van der Waals surface area (Å²) >= 11 is 9.20. The monoisotopic (exact) mass is 304 g/mol. The van der Waals surface area contributed by atoms with Crippen molar-refractivity contribution in [3.8, 4) is 5.88 Å². The second-order valence-corrected chi connectivity index (χ2v) is 5.37. The number of nitrogens with zero attached hydrogens (tertiary/aromatic N) is 1. The van der Waals surface area contributed by atoms with Gasteiger partial charge in [0.1, 0.15) is 6.10 Å². The highest BCUT2D eigenvalue weighted by atomic mass is 79.9. The molecule has 0 bridgehead atoms. The SMILES string of the molecule is CNCC1CC(Oc2ncc(Cl)cc2Br)C1. The summed E-state index contributed by atoms with van der Waals surface area (Å²) in [4.78, 5) is 4.15. The average molecular weight is 306 g/mol. The number of aromatic nitrogens is 1. The lowest BCUT2D eigenvalue weighted by Crippen LogP contribution is -2.38. The third-order valence-corrected chi connectivity index (χ3v) is 3.51. The molecule has 1 saturated carbocycles. The van der Waals surface area contributed by atoms with Gasteiger partial charge in [0.05, 0.1) is 9.50 Å². The van der Waals surface area contributed by atoms with Gasteiger partial charge in [-0.1, -0.05) is 11.6 Å². The summed E-state index contributed by atoms with van der Waals surface area (Å²) in [6.07, 6.45) is 4.09. The molecule has 1 heterocycles. The summed E-state index contributed by atoms with van der Waals surface area (Å²) in [5.74, 6) is 1.37. The maximum Gasteiger partial charge on any atom is 0.228 e. The number of pyridine rings is 1. The number of rotatable bonds is 4. The van der Waals surface area contributed by atoms with Crippen LogP contribution in [0.25, 0.3) is 0 Å². The highest BCUT2D eigenvalue weighted by Gasteiger charge is 2.30. The van der Waals surface area contributed by atoms with Crippen LogP contribution in [0.4, 0.5) is 0 Å². The van der Waals surface area contributed by atoms with Crippen molar-refractivity contribution in [2.75, 3.05) is 13.6 Å². The van der Waals surface area contributed by atoms with Gasteiger partial charge >= 0.3 is 0 Å². The second-order valence-electron chi connectivity index (χ2n) is 4.08. The standard InChI is InChI=1S/C11H14BrClN2O/c1-14-5-7-2-9(3-7)16-11-10(12)4-8(13)6-15-11/h4,6-7,9,14H,2-3,5H2,1H3. The third kappa shape index (κ3) is 2.87. The summed E-state index contributed by atoms with van der Waals surface area (Å²) in [6.45, 7) is 1.06. The van der Waals surface area contributed by atoms with Crippen molar-refractivity contribution in [1.82, 2.24) is 10.3 Å². The smallest absolute Gasteiger partial charge is 0.228 e. The second kappa shape index (κ2) is 5.34. The van der Waals surface area contributed by atoms with Gasteiger partial charge in [-0.3, -0.25) is 0 Å². The topological polar surface area (TPSA) is 34.1 Å². The largest absolute Gasteiger partial charge is 0.474 e. The first-order valence-electron chi connectivity index (χ1n) is 5.31. The molecule has 0 amide bonds. The zero-order valence-corrected chi connectivity index (χ0v) is 11.4. The van der Waals surface area contributed by atoms with Crippen LogP contribution in [0.1, 0.15) is 12.8 Å². The minimum Gasteiger partial charge on any atom is -0.474 e. The number of hydrogen-bond acceptors (Lipinski definition) is 3. The molecule has 0 aliphatic heterocycles. The molecule has 1 aromatic rings. The maximum absolute atomic E-state index is 5.81. The molecule has 0 spiro atoms. The number of ether oxygens (including phenoxy) is 1. The quantitative estimate of drug-likeness (QED) is 0.929. The Balaban J connectivity index is 1.87. The number of halogens is 2. The van der Waals surface area contributed by atoms with Crippen LogP contribution >= 0.6 is 27.5 Å². The molecule has 2 rings (SSSR count). The van der Waals surface area contributed by atoms with Crippen molar-refractivity contribution < 1.29 is 4.74 Å². The summed E-state index contributed by atoms with van der Waals surface area (Å²) in [5, 5.41) is 3.79. The van der Waals surface area contributed by atoms with Crippen LogP contribution in [0.5, 0.6) is 5.88 Å². The highest BCUT2D eigenvalue weighted by Crippen LogP contribution is 2.33. The van der Waals surface area contributed by atoms with Crippen LogP contribution in [-0.4, -0.2) is 24.7 Å². The van der Waals surface area contributed by atoms with Crippen LogP contribution in [0.2, 0.25) is 5.02 Å². The van der Waals surface area contributed by atoms with E-state index in [-0.39, 0.29) is 0 Å². The van der Waals surface area contributed by atoms with Crippen LogP contribution in [-0.2, 0) is 0 Å². The van der Waals surface area contributed by atoms with Crippen LogP contribution in [0.3, 0.4) is 0 Å². The van der Waals surface area contributed by atoms with Crippen molar-refractivity contribution >= 4 is 27.5 Å². The summed E-state index contributed by atoms with van der Waals surface area (Å²) in [5.41, 5.74) is 0. The van der Waals surface area contributed by atoms with Gasteiger partial charge in [0.15, 0.2) is 0 Å². The Morgan fingerprint density at radius 1 is 1.62 bits per heavy atom. The molecule has 0 saturated heterocycles. The van der Waals surface area contributed by atoms with Gasteiger partial charge in [0, 0.05) is 6.20 Å². The van der Waals surface area contributed by atoms with E-state index < -0.39 is 0 Å². The predicted molar refractivity (Wildman–Crippen MR) is 68.0 cm³/mol. The first kappa shape index (κ1) is 12.1. The van der Waals surface area contributed by atoms with E-state index >= 15 is 0 Å². The first-order valence-corrected chi connectivity index (χ1v) is 6.48. The fourth-order valence-corrected chi connectivity index (χ4v) is 2.60. The molecule has 1 fully saturated rings. The van der Waals surface area contributed by atoms with E-state index in [4.69, 9.17) is 16.3 Å². The Bertz CT molecular complexity index is 369. The summed E-state index contributed by atoms with van der Waals surface area (Å²) < 4.78 is 6.58. The molecular weight excluding hydrogens is 291 g/mol. The average Bonchev–Trinajstić information content (AvgIpc) is 2.18. The number of nitrogens with one attached hydrogen (secondary N) is 1.